The van der Waals surface area contributed by atoms with E-state index in [9.17, 15) is 0 Å². The number of aliphatic imine (C=N–C) groups is 1. The number of piperazine rings is 1. The smallest absolute Gasteiger partial charge is 0.138 e. The molecular formula is C24H34Cl2N4O. The maximum atomic E-state index is 5.35. The maximum absolute atomic E-state index is 5.35. The molecule has 170 valence electrons. The van der Waals surface area contributed by atoms with Crippen molar-refractivity contribution < 1.29 is 4.74 Å². The van der Waals surface area contributed by atoms with Gasteiger partial charge in [0, 0.05) is 50.6 Å². The van der Waals surface area contributed by atoms with Gasteiger partial charge in [-0.05, 0) is 49.2 Å². The third-order valence-electron chi connectivity index (χ3n) is 6.08. The fraction of sp³-hybridized carbons (Fsp3) is 0.458. The Morgan fingerprint density at radius 3 is 2.61 bits per heavy atom. The van der Waals surface area contributed by atoms with Gasteiger partial charge in [-0.1, -0.05) is 32.0 Å². The van der Waals surface area contributed by atoms with Crippen LogP contribution in [0.2, 0.25) is 0 Å². The molecule has 0 spiro atoms. The monoisotopic (exact) mass is 464 g/mol. The van der Waals surface area contributed by atoms with Gasteiger partial charge < -0.3 is 15.0 Å². The first kappa shape index (κ1) is 25.5. The molecule has 4 rings (SSSR count). The summed E-state index contributed by atoms with van der Waals surface area (Å²) in [7, 11) is 4.00. The molecule has 0 amide bonds. The van der Waals surface area contributed by atoms with Crippen LogP contribution in [-0.4, -0.2) is 62.1 Å². The van der Waals surface area contributed by atoms with Crippen molar-refractivity contribution in [3.8, 4) is 0 Å². The van der Waals surface area contributed by atoms with Gasteiger partial charge in [0.25, 0.3) is 0 Å². The zero-order valence-corrected chi connectivity index (χ0v) is 20.4. The Morgan fingerprint density at radius 1 is 1.10 bits per heavy atom. The molecule has 1 atom stereocenters. The summed E-state index contributed by atoms with van der Waals surface area (Å²) in [5.41, 5.74) is 5.73. The number of ether oxygens (including phenoxy) is 1. The van der Waals surface area contributed by atoms with Gasteiger partial charge in [0.05, 0.1) is 11.4 Å². The van der Waals surface area contributed by atoms with Crippen molar-refractivity contribution in [2.45, 2.75) is 32.2 Å². The second-order valence-electron chi connectivity index (χ2n) is 8.40. The van der Waals surface area contributed by atoms with Crippen LogP contribution in [0, 0.1) is 0 Å². The van der Waals surface area contributed by atoms with E-state index in [2.05, 4.69) is 78.5 Å². The largest absolute Gasteiger partial charge is 0.385 e. The van der Waals surface area contributed by atoms with Gasteiger partial charge in [-0.15, -0.1) is 24.8 Å². The molecule has 0 saturated carbocycles. The lowest BCUT2D eigenvalue weighted by atomic mass is 9.98. The number of fused-ring (bicyclic) bond motifs is 2. The van der Waals surface area contributed by atoms with Crippen molar-refractivity contribution >= 4 is 47.7 Å². The summed E-state index contributed by atoms with van der Waals surface area (Å²) in [4.78, 5) is 10.1. The molecule has 2 aromatic carbocycles. The average molecular weight is 465 g/mol. The van der Waals surface area contributed by atoms with Crippen LogP contribution in [-0.2, 0) is 4.74 Å². The molecule has 7 heteroatoms. The lowest BCUT2D eigenvalue weighted by Crippen LogP contribution is -2.53. The molecule has 2 aliphatic heterocycles. The Balaban J connectivity index is 0.00000171. The Labute approximate surface area is 198 Å². The van der Waals surface area contributed by atoms with Crippen LogP contribution in [0.25, 0.3) is 0 Å². The molecule has 1 N–H and O–H groups in total. The quantitative estimate of drug-likeness (QED) is 0.653. The number of para-hydroxylation sites is 2. The molecule has 0 radical (unpaired) electrons. The lowest BCUT2D eigenvalue weighted by Gasteiger charge is -2.41. The summed E-state index contributed by atoms with van der Waals surface area (Å²) in [6, 6.07) is 15.5. The summed E-state index contributed by atoms with van der Waals surface area (Å²) in [6.45, 7) is 8.25. The van der Waals surface area contributed by atoms with Crippen LogP contribution in [0.5, 0.6) is 0 Å². The first-order valence-electron chi connectivity index (χ1n) is 10.6. The SMILES string of the molecule is COCC[C@H]1CN(C2=Nc3ccccc3Nc3ccc(C(C)C)cc32)CCN1C.Cl.Cl. The predicted molar refractivity (Wildman–Crippen MR) is 135 cm³/mol. The molecule has 1 fully saturated rings. The first-order valence-corrected chi connectivity index (χ1v) is 10.6. The van der Waals surface area contributed by atoms with Gasteiger partial charge in [-0.25, -0.2) is 4.99 Å². The number of methoxy groups -OCH3 is 1. The van der Waals surface area contributed by atoms with E-state index in [1.807, 2.05) is 0 Å². The van der Waals surface area contributed by atoms with Crippen molar-refractivity contribution in [2.24, 2.45) is 4.99 Å². The van der Waals surface area contributed by atoms with E-state index in [1.165, 1.54) is 11.1 Å². The van der Waals surface area contributed by atoms with Crippen molar-refractivity contribution in [1.82, 2.24) is 9.80 Å². The van der Waals surface area contributed by atoms with Gasteiger partial charge in [-0.2, -0.15) is 0 Å². The third kappa shape index (κ3) is 5.53. The fourth-order valence-electron chi connectivity index (χ4n) is 4.16. The molecule has 0 bridgehead atoms. The van der Waals surface area contributed by atoms with Gasteiger partial charge in [-0.3, -0.25) is 4.90 Å². The highest BCUT2D eigenvalue weighted by molar-refractivity contribution is 6.08. The van der Waals surface area contributed by atoms with Crippen LogP contribution >= 0.6 is 24.8 Å². The number of likely N-dealkylation sites (N-methyl/N-ethyl adjacent to an activating group) is 1. The molecule has 0 aromatic heterocycles. The number of anilines is 2. The van der Waals surface area contributed by atoms with Crippen molar-refractivity contribution in [3.63, 3.8) is 0 Å². The minimum Gasteiger partial charge on any atom is -0.385 e. The number of nitrogens with one attached hydrogen (secondary N) is 1. The third-order valence-corrected chi connectivity index (χ3v) is 6.08. The number of halogens is 2. The van der Waals surface area contributed by atoms with Crippen molar-refractivity contribution in [1.29, 1.82) is 0 Å². The molecule has 2 aliphatic rings. The molecule has 0 unspecified atom stereocenters. The number of hydrogen-bond acceptors (Lipinski definition) is 5. The number of amidine groups is 1. The van der Waals surface area contributed by atoms with Gasteiger partial charge in [0.15, 0.2) is 0 Å². The molecule has 2 aromatic rings. The van der Waals surface area contributed by atoms with Crippen LogP contribution in [0.4, 0.5) is 17.1 Å². The molecular weight excluding hydrogens is 431 g/mol. The fourth-order valence-corrected chi connectivity index (χ4v) is 4.16. The highest BCUT2D eigenvalue weighted by Crippen LogP contribution is 2.36. The summed E-state index contributed by atoms with van der Waals surface area (Å²) in [5, 5.41) is 3.62. The van der Waals surface area contributed by atoms with E-state index >= 15 is 0 Å². The van der Waals surface area contributed by atoms with Crippen molar-refractivity contribution in [2.75, 3.05) is 45.7 Å². The van der Waals surface area contributed by atoms with Crippen LogP contribution in [0.3, 0.4) is 0 Å². The minimum absolute atomic E-state index is 0. The molecule has 5 nitrogen and oxygen atoms in total. The summed E-state index contributed by atoms with van der Waals surface area (Å²) < 4.78 is 5.35. The van der Waals surface area contributed by atoms with Crippen molar-refractivity contribution in [3.05, 3.63) is 53.6 Å². The summed E-state index contributed by atoms with van der Waals surface area (Å²) >= 11 is 0. The highest BCUT2D eigenvalue weighted by atomic mass is 35.5. The number of hydrogen-bond donors (Lipinski definition) is 1. The van der Waals surface area contributed by atoms with E-state index in [1.54, 1.807) is 7.11 Å². The molecule has 1 saturated heterocycles. The van der Waals surface area contributed by atoms with E-state index in [0.29, 0.717) is 12.0 Å². The Bertz CT molecular complexity index is 903. The van der Waals surface area contributed by atoms with E-state index in [4.69, 9.17) is 9.73 Å². The van der Waals surface area contributed by atoms with Crippen LogP contribution in [0.15, 0.2) is 47.5 Å². The zero-order valence-electron chi connectivity index (χ0n) is 18.8. The number of rotatable bonds is 4. The topological polar surface area (TPSA) is 40.1 Å². The van der Waals surface area contributed by atoms with E-state index in [-0.39, 0.29) is 24.8 Å². The van der Waals surface area contributed by atoms with E-state index < -0.39 is 0 Å². The Morgan fingerprint density at radius 2 is 1.87 bits per heavy atom. The standard InChI is InChI=1S/C24H32N4O.2ClH/c1-17(2)18-9-10-21-20(15-18)24(26-23-8-6-5-7-22(23)25-21)28-13-12-27(3)19(16-28)11-14-29-4;;/h5-10,15,17,19,25H,11-14,16H2,1-4H3;2*1H/t19-;;/m0../s1. The zero-order chi connectivity index (χ0) is 20.4. The first-order chi connectivity index (χ1) is 14.1. The second-order valence-corrected chi connectivity index (χ2v) is 8.40. The van der Waals surface area contributed by atoms with Gasteiger partial charge in [0.1, 0.15) is 5.84 Å². The van der Waals surface area contributed by atoms with Crippen LogP contribution < -0.4 is 5.32 Å². The van der Waals surface area contributed by atoms with Gasteiger partial charge in [0.2, 0.25) is 0 Å². The number of nitrogens with zero attached hydrogens (tertiary/aromatic N) is 3. The number of benzene rings is 2. The lowest BCUT2D eigenvalue weighted by molar-refractivity contribution is 0.100. The Kier molecular flexibility index (Phi) is 9.19. The molecule has 0 aliphatic carbocycles. The Hall–Kier alpha value is -1.79. The average Bonchev–Trinajstić information content (AvgIpc) is 2.89. The summed E-state index contributed by atoms with van der Waals surface area (Å²) in [5.74, 6) is 1.56. The molecule has 31 heavy (non-hydrogen) atoms. The predicted octanol–water partition coefficient (Wildman–Crippen LogP) is 5.44. The second kappa shape index (κ2) is 11.2. The maximum Gasteiger partial charge on any atom is 0.138 e. The van der Waals surface area contributed by atoms with Crippen LogP contribution in [0.1, 0.15) is 37.3 Å². The van der Waals surface area contributed by atoms with Gasteiger partial charge >= 0.3 is 0 Å². The normalized spacial score (nSPS) is 18.0. The molecule has 2 heterocycles. The van der Waals surface area contributed by atoms with E-state index in [0.717, 1.165) is 55.6 Å². The summed E-state index contributed by atoms with van der Waals surface area (Å²) in [6.07, 6.45) is 1.03. The minimum atomic E-state index is 0. The highest BCUT2D eigenvalue weighted by Gasteiger charge is 2.29.